The Balaban J connectivity index is 0.000000488. The standard InChI is InChI=1S/C12H26.C11H22O2S/c1-4-5-6-7-8-9-10-11-12(2)3;1-11(2,13-8-7-12)9-3-5-10(14)6-4-9/h12H,4-11H2,1-3H3;9-10,12,14H,3-8H2,1-2H3. The highest BCUT2D eigenvalue weighted by Gasteiger charge is 2.32. The van der Waals surface area contributed by atoms with Gasteiger partial charge in [-0.2, -0.15) is 12.6 Å². The lowest BCUT2D eigenvalue weighted by molar-refractivity contribution is -0.0794. The minimum atomic E-state index is -0.0867. The van der Waals surface area contributed by atoms with Gasteiger partial charge in [0, 0.05) is 5.25 Å². The van der Waals surface area contributed by atoms with E-state index in [2.05, 4.69) is 47.2 Å². The van der Waals surface area contributed by atoms with E-state index in [-0.39, 0.29) is 12.2 Å². The van der Waals surface area contributed by atoms with Crippen molar-refractivity contribution in [2.24, 2.45) is 11.8 Å². The van der Waals surface area contributed by atoms with Gasteiger partial charge >= 0.3 is 0 Å². The third-order valence-electron chi connectivity index (χ3n) is 5.63. The van der Waals surface area contributed by atoms with Gasteiger partial charge in [-0.3, -0.25) is 0 Å². The minimum absolute atomic E-state index is 0.0867. The van der Waals surface area contributed by atoms with Gasteiger partial charge in [0.1, 0.15) is 0 Å². The molecule has 158 valence electrons. The first-order valence-electron chi connectivity index (χ1n) is 11.3. The summed E-state index contributed by atoms with van der Waals surface area (Å²) in [5.41, 5.74) is -0.0867. The molecule has 0 radical (unpaired) electrons. The number of hydrogen-bond acceptors (Lipinski definition) is 3. The predicted octanol–water partition coefficient (Wildman–Crippen LogP) is 7.05. The largest absolute Gasteiger partial charge is 0.394 e. The molecule has 1 fully saturated rings. The van der Waals surface area contributed by atoms with Crippen LogP contribution in [0.2, 0.25) is 0 Å². The van der Waals surface area contributed by atoms with Crippen LogP contribution in [0.25, 0.3) is 0 Å². The van der Waals surface area contributed by atoms with Gasteiger partial charge in [0.25, 0.3) is 0 Å². The predicted molar refractivity (Wildman–Crippen MR) is 119 cm³/mol. The molecule has 0 heterocycles. The highest BCUT2D eigenvalue weighted by Crippen LogP contribution is 2.36. The Hall–Kier alpha value is 0.270. The molecule has 0 saturated heterocycles. The number of aliphatic hydroxyl groups excluding tert-OH is 1. The molecule has 0 amide bonds. The smallest absolute Gasteiger partial charge is 0.0705 e. The molecule has 1 aliphatic carbocycles. The van der Waals surface area contributed by atoms with Gasteiger partial charge in [0.05, 0.1) is 18.8 Å². The van der Waals surface area contributed by atoms with Crippen molar-refractivity contribution < 1.29 is 9.84 Å². The fourth-order valence-corrected chi connectivity index (χ4v) is 4.01. The molecular formula is C23H48O2S. The Labute approximate surface area is 170 Å². The summed E-state index contributed by atoms with van der Waals surface area (Å²) >= 11 is 4.49. The number of aliphatic hydroxyl groups is 1. The van der Waals surface area contributed by atoms with Crippen molar-refractivity contribution in [2.75, 3.05) is 13.2 Å². The Morgan fingerprint density at radius 3 is 2.00 bits per heavy atom. The number of ether oxygens (including phenoxy) is 1. The van der Waals surface area contributed by atoms with Crippen LogP contribution in [0.15, 0.2) is 0 Å². The summed E-state index contributed by atoms with van der Waals surface area (Å²) in [5, 5.41) is 9.32. The molecule has 1 N–H and O–H groups in total. The lowest BCUT2D eigenvalue weighted by atomic mass is 9.78. The average molecular weight is 389 g/mol. The van der Waals surface area contributed by atoms with Gasteiger partial charge in [0.2, 0.25) is 0 Å². The normalized spacial score (nSPS) is 20.8. The zero-order chi connectivity index (χ0) is 19.8. The van der Waals surface area contributed by atoms with Crippen molar-refractivity contribution in [1.82, 2.24) is 0 Å². The number of rotatable bonds is 12. The van der Waals surface area contributed by atoms with Crippen molar-refractivity contribution in [3.05, 3.63) is 0 Å². The number of hydrogen-bond donors (Lipinski definition) is 2. The molecule has 1 saturated carbocycles. The zero-order valence-electron chi connectivity index (χ0n) is 18.4. The molecule has 0 unspecified atom stereocenters. The summed E-state index contributed by atoms with van der Waals surface area (Å²) in [6.07, 6.45) is 16.3. The molecule has 0 spiro atoms. The molecule has 0 aromatic carbocycles. The van der Waals surface area contributed by atoms with E-state index in [9.17, 15) is 0 Å². The second-order valence-corrected chi connectivity index (χ2v) is 9.72. The van der Waals surface area contributed by atoms with Crippen molar-refractivity contribution in [3.63, 3.8) is 0 Å². The van der Waals surface area contributed by atoms with Crippen LogP contribution in [0.1, 0.15) is 112 Å². The van der Waals surface area contributed by atoms with Crippen LogP contribution in [0, 0.1) is 11.8 Å². The summed E-state index contributed by atoms with van der Waals surface area (Å²) in [5.74, 6) is 1.53. The van der Waals surface area contributed by atoms with E-state index in [1.165, 1.54) is 77.0 Å². The van der Waals surface area contributed by atoms with E-state index < -0.39 is 0 Å². The fraction of sp³-hybridized carbons (Fsp3) is 1.00. The van der Waals surface area contributed by atoms with E-state index in [1.807, 2.05) is 0 Å². The summed E-state index contributed by atoms with van der Waals surface area (Å²) in [4.78, 5) is 0. The van der Waals surface area contributed by atoms with Gasteiger partial charge in [-0.1, -0.05) is 72.1 Å². The van der Waals surface area contributed by atoms with E-state index in [4.69, 9.17) is 9.84 Å². The van der Waals surface area contributed by atoms with Crippen LogP contribution < -0.4 is 0 Å². The minimum Gasteiger partial charge on any atom is -0.394 e. The van der Waals surface area contributed by atoms with Gasteiger partial charge in [-0.05, 0) is 51.4 Å². The molecule has 0 aromatic rings. The monoisotopic (exact) mass is 388 g/mol. The highest BCUT2D eigenvalue weighted by atomic mass is 32.1. The highest BCUT2D eigenvalue weighted by molar-refractivity contribution is 7.80. The van der Waals surface area contributed by atoms with Crippen LogP contribution in [-0.2, 0) is 4.74 Å². The van der Waals surface area contributed by atoms with Crippen molar-refractivity contribution >= 4 is 12.6 Å². The zero-order valence-corrected chi connectivity index (χ0v) is 19.3. The first-order chi connectivity index (χ1) is 12.3. The maximum Gasteiger partial charge on any atom is 0.0705 e. The van der Waals surface area contributed by atoms with E-state index in [0.717, 1.165) is 5.92 Å². The molecule has 2 nitrogen and oxygen atoms in total. The first kappa shape index (κ1) is 26.3. The summed E-state index contributed by atoms with van der Waals surface area (Å²) in [6, 6.07) is 0. The Bertz CT molecular complexity index is 297. The Morgan fingerprint density at radius 2 is 1.50 bits per heavy atom. The van der Waals surface area contributed by atoms with Crippen molar-refractivity contribution in [2.45, 2.75) is 123 Å². The van der Waals surface area contributed by atoms with Crippen molar-refractivity contribution in [1.29, 1.82) is 0 Å². The van der Waals surface area contributed by atoms with E-state index >= 15 is 0 Å². The van der Waals surface area contributed by atoms with E-state index in [0.29, 0.717) is 17.8 Å². The van der Waals surface area contributed by atoms with E-state index in [1.54, 1.807) is 0 Å². The molecule has 26 heavy (non-hydrogen) atoms. The van der Waals surface area contributed by atoms with Gasteiger partial charge < -0.3 is 9.84 Å². The van der Waals surface area contributed by atoms with Gasteiger partial charge in [-0.15, -0.1) is 0 Å². The fourth-order valence-electron chi connectivity index (χ4n) is 3.71. The lowest BCUT2D eigenvalue weighted by Crippen LogP contribution is -2.38. The maximum atomic E-state index is 8.73. The second kappa shape index (κ2) is 16.2. The number of thiol groups is 1. The van der Waals surface area contributed by atoms with Gasteiger partial charge in [-0.25, -0.2) is 0 Å². The molecule has 0 atom stereocenters. The third kappa shape index (κ3) is 14.3. The third-order valence-corrected chi connectivity index (χ3v) is 6.15. The molecule has 1 aliphatic rings. The van der Waals surface area contributed by atoms with Gasteiger partial charge in [0.15, 0.2) is 0 Å². The SMILES string of the molecule is CC(C)(OCCO)C1CCC(S)CC1.CCCCCCCCCC(C)C. The summed E-state index contributed by atoms with van der Waals surface area (Å²) in [6.45, 7) is 11.7. The molecule has 1 rings (SSSR count). The Morgan fingerprint density at radius 1 is 0.962 bits per heavy atom. The summed E-state index contributed by atoms with van der Waals surface area (Å²) in [7, 11) is 0. The summed E-state index contributed by atoms with van der Waals surface area (Å²) < 4.78 is 5.68. The van der Waals surface area contributed by atoms with Crippen LogP contribution in [0.5, 0.6) is 0 Å². The Kier molecular flexibility index (Phi) is 16.4. The van der Waals surface area contributed by atoms with Crippen LogP contribution >= 0.6 is 12.6 Å². The second-order valence-electron chi connectivity index (χ2n) is 8.98. The molecule has 3 heteroatoms. The van der Waals surface area contributed by atoms with Crippen LogP contribution in [0.4, 0.5) is 0 Å². The van der Waals surface area contributed by atoms with Crippen LogP contribution in [0.3, 0.4) is 0 Å². The molecule has 0 aromatic heterocycles. The van der Waals surface area contributed by atoms with Crippen molar-refractivity contribution in [3.8, 4) is 0 Å². The maximum absolute atomic E-state index is 8.73. The molecule has 0 bridgehead atoms. The quantitative estimate of drug-likeness (QED) is 0.277. The lowest BCUT2D eigenvalue weighted by Gasteiger charge is -2.38. The topological polar surface area (TPSA) is 29.5 Å². The van der Waals surface area contributed by atoms with Crippen LogP contribution in [-0.4, -0.2) is 29.2 Å². The average Bonchev–Trinajstić information content (AvgIpc) is 2.60. The molecular weight excluding hydrogens is 340 g/mol. The number of unbranched alkanes of at least 4 members (excludes halogenated alkanes) is 6. The molecule has 0 aliphatic heterocycles. The first-order valence-corrected chi connectivity index (χ1v) is 11.8.